The molecule has 0 aliphatic heterocycles. The molecule has 0 rings (SSSR count). The second kappa shape index (κ2) is 7.63. The van der Waals surface area contributed by atoms with Crippen molar-refractivity contribution in [2.75, 3.05) is 19.8 Å². The smallest absolute Gasteiger partial charge is 0.373 e. The molecule has 1 unspecified atom stereocenters. The topological polar surface area (TPSA) is 27.7 Å². The molecule has 0 spiro atoms. The van der Waals surface area contributed by atoms with Crippen LogP contribution < -0.4 is 0 Å². The SMILES string of the molecule is CCO[Si](OCC)(OCC)C(C)(C)C(C)C(C)C. The van der Waals surface area contributed by atoms with Crippen LogP contribution in [0.15, 0.2) is 0 Å². The maximum absolute atomic E-state index is 6.04. The van der Waals surface area contributed by atoms with E-state index in [9.17, 15) is 0 Å². The van der Waals surface area contributed by atoms with Gasteiger partial charge in [-0.1, -0.05) is 34.6 Å². The van der Waals surface area contributed by atoms with Gasteiger partial charge in [0.25, 0.3) is 0 Å². The van der Waals surface area contributed by atoms with Gasteiger partial charge in [-0.15, -0.1) is 0 Å². The Hall–Kier alpha value is 0.0969. The first-order valence-electron chi connectivity index (χ1n) is 7.20. The fourth-order valence-corrected chi connectivity index (χ4v) is 5.76. The van der Waals surface area contributed by atoms with Crippen molar-refractivity contribution < 1.29 is 13.3 Å². The molecule has 0 bridgehead atoms. The molecular weight excluding hydrogens is 244 g/mol. The van der Waals surface area contributed by atoms with E-state index < -0.39 is 8.80 Å². The maximum atomic E-state index is 6.04. The summed E-state index contributed by atoms with van der Waals surface area (Å²) in [6.07, 6.45) is 0. The van der Waals surface area contributed by atoms with Crippen LogP contribution in [0, 0.1) is 11.8 Å². The third-order valence-corrected chi connectivity index (χ3v) is 7.97. The van der Waals surface area contributed by atoms with Crippen LogP contribution in [0.25, 0.3) is 0 Å². The average molecular weight is 276 g/mol. The molecule has 0 heterocycles. The van der Waals surface area contributed by atoms with Gasteiger partial charge in [0.15, 0.2) is 0 Å². The highest BCUT2D eigenvalue weighted by atomic mass is 28.4. The lowest BCUT2D eigenvalue weighted by atomic mass is 9.86. The number of hydrogen-bond donors (Lipinski definition) is 0. The Morgan fingerprint density at radius 2 is 1.17 bits per heavy atom. The highest BCUT2D eigenvalue weighted by Crippen LogP contribution is 2.48. The second-order valence-corrected chi connectivity index (χ2v) is 8.88. The predicted octanol–water partition coefficient (Wildman–Crippen LogP) is 4.11. The summed E-state index contributed by atoms with van der Waals surface area (Å²) in [7, 11) is -2.65. The van der Waals surface area contributed by atoms with Gasteiger partial charge in [-0.3, -0.25) is 0 Å². The Labute approximate surface area is 115 Å². The monoisotopic (exact) mass is 276 g/mol. The van der Waals surface area contributed by atoms with Gasteiger partial charge in [-0.25, -0.2) is 0 Å². The van der Waals surface area contributed by atoms with Crippen LogP contribution in [-0.2, 0) is 13.3 Å². The van der Waals surface area contributed by atoms with E-state index in [-0.39, 0.29) is 5.04 Å². The summed E-state index contributed by atoms with van der Waals surface area (Å²) in [5.74, 6) is 1.06. The van der Waals surface area contributed by atoms with E-state index in [1.807, 2.05) is 20.8 Å². The molecule has 0 amide bonds. The lowest BCUT2D eigenvalue weighted by Crippen LogP contribution is -2.57. The van der Waals surface area contributed by atoms with E-state index in [2.05, 4.69) is 34.6 Å². The molecule has 0 aromatic rings. The molecule has 0 fully saturated rings. The molecule has 0 aliphatic carbocycles. The highest BCUT2D eigenvalue weighted by Gasteiger charge is 2.58. The summed E-state index contributed by atoms with van der Waals surface area (Å²) in [5.41, 5.74) is 0. The van der Waals surface area contributed by atoms with Gasteiger partial charge in [0.1, 0.15) is 0 Å². The molecule has 110 valence electrons. The fraction of sp³-hybridized carbons (Fsp3) is 1.00. The number of rotatable bonds is 9. The normalized spacial score (nSPS) is 15.2. The van der Waals surface area contributed by atoms with Gasteiger partial charge in [0.05, 0.1) is 0 Å². The van der Waals surface area contributed by atoms with E-state index >= 15 is 0 Å². The minimum atomic E-state index is -2.65. The Morgan fingerprint density at radius 1 is 0.833 bits per heavy atom. The largest absolute Gasteiger partial charge is 0.507 e. The van der Waals surface area contributed by atoms with Gasteiger partial charge < -0.3 is 13.3 Å². The van der Waals surface area contributed by atoms with Crippen molar-refractivity contribution >= 4 is 8.80 Å². The van der Waals surface area contributed by atoms with E-state index in [0.717, 1.165) is 0 Å². The first kappa shape index (κ1) is 18.1. The van der Waals surface area contributed by atoms with Crippen molar-refractivity contribution in [3.05, 3.63) is 0 Å². The van der Waals surface area contributed by atoms with Crippen molar-refractivity contribution in [3.8, 4) is 0 Å². The molecule has 0 aromatic heterocycles. The van der Waals surface area contributed by atoms with Crippen molar-refractivity contribution in [1.29, 1.82) is 0 Å². The lowest BCUT2D eigenvalue weighted by molar-refractivity contribution is 0.0334. The maximum Gasteiger partial charge on any atom is 0.507 e. The second-order valence-electron chi connectivity index (χ2n) is 5.61. The van der Waals surface area contributed by atoms with E-state index in [1.54, 1.807) is 0 Å². The van der Waals surface area contributed by atoms with Crippen LogP contribution in [-0.4, -0.2) is 28.6 Å². The van der Waals surface area contributed by atoms with Crippen molar-refractivity contribution in [2.24, 2.45) is 11.8 Å². The molecule has 18 heavy (non-hydrogen) atoms. The summed E-state index contributed by atoms with van der Waals surface area (Å²) in [4.78, 5) is 0. The molecule has 0 aromatic carbocycles. The molecular formula is C14H32O3Si. The summed E-state index contributed by atoms with van der Waals surface area (Å²) in [5, 5.41) is -0.0802. The Kier molecular flexibility index (Phi) is 7.67. The zero-order chi connectivity index (χ0) is 14.4. The van der Waals surface area contributed by atoms with Crippen LogP contribution in [0.5, 0.6) is 0 Å². The Bertz CT molecular complexity index is 212. The summed E-state index contributed by atoms with van der Waals surface area (Å²) in [6, 6.07) is 0. The quantitative estimate of drug-likeness (QED) is 0.593. The van der Waals surface area contributed by atoms with Gasteiger partial charge in [-0.05, 0) is 32.6 Å². The van der Waals surface area contributed by atoms with Crippen LogP contribution in [0.3, 0.4) is 0 Å². The summed E-state index contributed by atoms with van der Waals surface area (Å²) in [6.45, 7) is 19.2. The minimum Gasteiger partial charge on any atom is -0.373 e. The third-order valence-electron chi connectivity index (χ3n) is 3.93. The van der Waals surface area contributed by atoms with Crippen molar-refractivity contribution in [2.45, 2.75) is 60.4 Å². The van der Waals surface area contributed by atoms with E-state index in [0.29, 0.717) is 31.7 Å². The minimum absolute atomic E-state index is 0.0802. The van der Waals surface area contributed by atoms with Crippen LogP contribution in [0.1, 0.15) is 55.4 Å². The van der Waals surface area contributed by atoms with Crippen molar-refractivity contribution in [1.82, 2.24) is 0 Å². The molecule has 0 saturated heterocycles. The lowest BCUT2D eigenvalue weighted by Gasteiger charge is -2.45. The average Bonchev–Trinajstić information content (AvgIpc) is 2.28. The highest BCUT2D eigenvalue weighted by molar-refractivity contribution is 6.64. The van der Waals surface area contributed by atoms with Crippen LogP contribution in [0.4, 0.5) is 0 Å². The van der Waals surface area contributed by atoms with Gasteiger partial charge in [-0.2, -0.15) is 0 Å². The van der Waals surface area contributed by atoms with Crippen molar-refractivity contribution in [3.63, 3.8) is 0 Å². The molecule has 4 heteroatoms. The fourth-order valence-electron chi connectivity index (χ4n) is 2.37. The summed E-state index contributed by atoms with van der Waals surface area (Å²) >= 11 is 0. The van der Waals surface area contributed by atoms with E-state index in [1.165, 1.54) is 0 Å². The first-order chi connectivity index (χ1) is 8.29. The molecule has 3 nitrogen and oxygen atoms in total. The first-order valence-corrected chi connectivity index (χ1v) is 8.93. The zero-order valence-corrected chi connectivity index (χ0v) is 14.5. The van der Waals surface area contributed by atoms with Crippen LogP contribution in [0.2, 0.25) is 5.04 Å². The number of hydrogen-bond acceptors (Lipinski definition) is 3. The molecule has 0 radical (unpaired) electrons. The molecule has 0 saturated carbocycles. The standard InChI is InChI=1S/C14H32O3Si/c1-9-15-18(16-10-2,17-11-3)14(7,8)13(6)12(4)5/h12-13H,9-11H2,1-8H3. The van der Waals surface area contributed by atoms with Gasteiger partial charge in [0.2, 0.25) is 0 Å². The predicted molar refractivity (Wildman–Crippen MR) is 78.7 cm³/mol. The van der Waals surface area contributed by atoms with Crippen LogP contribution >= 0.6 is 0 Å². The summed E-state index contributed by atoms with van der Waals surface area (Å²) < 4.78 is 18.1. The molecule has 1 atom stereocenters. The molecule has 0 N–H and O–H groups in total. The third kappa shape index (κ3) is 3.79. The molecule has 0 aliphatic rings. The van der Waals surface area contributed by atoms with E-state index in [4.69, 9.17) is 13.3 Å². The van der Waals surface area contributed by atoms with Gasteiger partial charge in [0, 0.05) is 24.9 Å². The Morgan fingerprint density at radius 3 is 1.39 bits per heavy atom. The van der Waals surface area contributed by atoms with Gasteiger partial charge >= 0.3 is 8.80 Å². The zero-order valence-electron chi connectivity index (χ0n) is 13.5. The Balaban J connectivity index is 5.35.